The first-order valence-electron chi connectivity index (χ1n) is 7.06. The van der Waals surface area contributed by atoms with Crippen molar-refractivity contribution in [3.05, 3.63) is 23.2 Å². The van der Waals surface area contributed by atoms with Crippen molar-refractivity contribution in [2.24, 2.45) is 5.92 Å². The van der Waals surface area contributed by atoms with Gasteiger partial charge in [0.25, 0.3) is 0 Å². The Kier molecular flexibility index (Phi) is 5.44. The summed E-state index contributed by atoms with van der Waals surface area (Å²) in [6.45, 7) is 0.0583. The van der Waals surface area contributed by atoms with E-state index >= 15 is 0 Å². The molecule has 2 amide bonds. The number of anilines is 1. The first kappa shape index (κ1) is 17.1. The first-order chi connectivity index (χ1) is 10.9. The highest BCUT2D eigenvalue weighted by atomic mass is 35.5. The van der Waals surface area contributed by atoms with Gasteiger partial charge in [-0.3, -0.25) is 9.59 Å². The van der Waals surface area contributed by atoms with E-state index in [0.717, 1.165) is 0 Å². The van der Waals surface area contributed by atoms with Crippen LogP contribution in [-0.4, -0.2) is 48.0 Å². The lowest BCUT2D eigenvalue weighted by molar-refractivity contribution is -0.139. The Bertz CT molecular complexity index is 634. The van der Waals surface area contributed by atoms with Crippen LogP contribution in [0.1, 0.15) is 12.8 Å². The van der Waals surface area contributed by atoms with E-state index in [-0.39, 0.29) is 34.9 Å². The van der Waals surface area contributed by atoms with Crippen molar-refractivity contribution in [1.29, 1.82) is 0 Å². The van der Waals surface area contributed by atoms with E-state index in [0.29, 0.717) is 18.7 Å². The number of ether oxygens (including phenoxy) is 1. The van der Waals surface area contributed by atoms with Crippen LogP contribution in [0.15, 0.2) is 18.2 Å². The van der Waals surface area contributed by atoms with Gasteiger partial charge in [-0.15, -0.1) is 0 Å². The molecular formula is C15H17ClN2O5. The van der Waals surface area contributed by atoms with Crippen molar-refractivity contribution in [3.63, 3.8) is 0 Å². The summed E-state index contributed by atoms with van der Waals surface area (Å²) in [4.78, 5) is 35.9. The number of likely N-dealkylation sites (tertiary alicyclic amines) is 1. The molecule has 23 heavy (non-hydrogen) atoms. The summed E-state index contributed by atoms with van der Waals surface area (Å²) in [5, 5.41) is 11.5. The zero-order valence-corrected chi connectivity index (χ0v) is 13.3. The molecule has 2 rings (SSSR count). The van der Waals surface area contributed by atoms with E-state index in [9.17, 15) is 14.4 Å². The number of carbonyl (C=O) groups is 3. The molecule has 1 unspecified atom stereocenters. The monoisotopic (exact) mass is 340 g/mol. The fourth-order valence-electron chi connectivity index (χ4n) is 2.25. The standard InChI is InChI=1S/C15H17ClN2O5/c1-18-5-4-9(6-13(18)19)15(22)17-10-2-3-12(11(16)7-10)23-8-14(20)21/h2-3,7,9H,4-6,8H2,1H3,(H,17,22)(H,20,21). The number of nitrogens with zero attached hydrogens (tertiary/aromatic N) is 1. The van der Waals surface area contributed by atoms with E-state index in [4.69, 9.17) is 21.4 Å². The molecule has 1 aliphatic rings. The second kappa shape index (κ2) is 7.32. The second-order valence-corrected chi connectivity index (χ2v) is 5.73. The van der Waals surface area contributed by atoms with Gasteiger partial charge < -0.3 is 20.1 Å². The average molecular weight is 341 g/mol. The summed E-state index contributed by atoms with van der Waals surface area (Å²) >= 11 is 5.99. The number of nitrogens with one attached hydrogen (secondary N) is 1. The van der Waals surface area contributed by atoms with Gasteiger partial charge in [0.05, 0.1) is 5.02 Å². The molecule has 0 saturated carbocycles. The third-order valence-electron chi connectivity index (χ3n) is 3.58. The normalized spacial score (nSPS) is 17.7. The quantitative estimate of drug-likeness (QED) is 0.849. The third kappa shape index (κ3) is 4.59. The molecule has 2 N–H and O–H groups in total. The number of aliphatic carboxylic acids is 1. The molecule has 124 valence electrons. The van der Waals surface area contributed by atoms with Crippen LogP contribution < -0.4 is 10.1 Å². The van der Waals surface area contributed by atoms with Crippen LogP contribution in [0.2, 0.25) is 5.02 Å². The Balaban J connectivity index is 1.97. The maximum absolute atomic E-state index is 12.2. The smallest absolute Gasteiger partial charge is 0.341 e. The molecule has 1 saturated heterocycles. The summed E-state index contributed by atoms with van der Waals surface area (Å²) in [6, 6.07) is 4.53. The minimum atomic E-state index is -1.11. The molecule has 0 bridgehead atoms. The van der Waals surface area contributed by atoms with E-state index in [1.54, 1.807) is 18.0 Å². The van der Waals surface area contributed by atoms with Gasteiger partial charge in [-0.25, -0.2) is 4.79 Å². The third-order valence-corrected chi connectivity index (χ3v) is 3.88. The molecule has 0 spiro atoms. The van der Waals surface area contributed by atoms with E-state index < -0.39 is 12.6 Å². The van der Waals surface area contributed by atoms with Crippen LogP contribution >= 0.6 is 11.6 Å². The second-order valence-electron chi connectivity index (χ2n) is 5.32. The van der Waals surface area contributed by atoms with E-state index in [2.05, 4.69) is 5.32 Å². The Morgan fingerprint density at radius 3 is 2.83 bits per heavy atom. The summed E-state index contributed by atoms with van der Waals surface area (Å²) in [5.74, 6) is -1.53. The molecule has 1 aliphatic heterocycles. The van der Waals surface area contributed by atoms with Gasteiger partial charge in [0.1, 0.15) is 5.75 Å². The highest BCUT2D eigenvalue weighted by Crippen LogP contribution is 2.28. The van der Waals surface area contributed by atoms with Gasteiger partial charge in [0, 0.05) is 31.6 Å². The molecule has 0 aromatic heterocycles. The van der Waals surface area contributed by atoms with Crippen molar-refractivity contribution >= 4 is 35.1 Å². The Morgan fingerprint density at radius 2 is 2.22 bits per heavy atom. The van der Waals surface area contributed by atoms with Crippen molar-refractivity contribution in [1.82, 2.24) is 4.90 Å². The van der Waals surface area contributed by atoms with Crippen LogP contribution in [0.4, 0.5) is 5.69 Å². The predicted octanol–water partition coefficient (Wildman–Crippen LogP) is 1.61. The average Bonchev–Trinajstić information content (AvgIpc) is 2.49. The summed E-state index contributed by atoms with van der Waals surface area (Å²) in [5.41, 5.74) is 0.467. The van der Waals surface area contributed by atoms with E-state index in [1.165, 1.54) is 12.1 Å². The highest BCUT2D eigenvalue weighted by Gasteiger charge is 2.28. The Morgan fingerprint density at radius 1 is 1.48 bits per heavy atom. The summed E-state index contributed by atoms with van der Waals surface area (Å²) < 4.78 is 5.01. The predicted molar refractivity (Wildman–Crippen MR) is 83.6 cm³/mol. The van der Waals surface area contributed by atoms with Gasteiger partial charge >= 0.3 is 5.97 Å². The fraction of sp³-hybridized carbons (Fsp3) is 0.400. The Labute approximate surface area is 138 Å². The van der Waals surface area contributed by atoms with Crippen LogP contribution in [0.3, 0.4) is 0 Å². The number of hydrogen-bond donors (Lipinski definition) is 2. The molecule has 1 atom stereocenters. The number of hydrogen-bond acceptors (Lipinski definition) is 4. The molecule has 0 radical (unpaired) electrons. The zero-order chi connectivity index (χ0) is 17.0. The lowest BCUT2D eigenvalue weighted by Gasteiger charge is -2.27. The first-order valence-corrected chi connectivity index (χ1v) is 7.43. The number of piperidine rings is 1. The number of amides is 2. The molecule has 8 heteroatoms. The minimum Gasteiger partial charge on any atom is -0.480 e. The van der Waals surface area contributed by atoms with Crippen molar-refractivity contribution in [3.8, 4) is 5.75 Å². The van der Waals surface area contributed by atoms with Gasteiger partial charge in [0.2, 0.25) is 11.8 Å². The zero-order valence-electron chi connectivity index (χ0n) is 12.5. The maximum atomic E-state index is 12.2. The van der Waals surface area contributed by atoms with Gasteiger partial charge in [-0.1, -0.05) is 11.6 Å². The lowest BCUT2D eigenvalue weighted by Crippen LogP contribution is -2.39. The number of carboxylic acid groups (broad SMARTS) is 1. The van der Waals surface area contributed by atoms with E-state index in [1.807, 2.05) is 0 Å². The number of halogens is 1. The summed E-state index contributed by atoms with van der Waals surface area (Å²) in [6.07, 6.45) is 0.803. The fourth-order valence-corrected chi connectivity index (χ4v) is 2.48. The van der Waals surface area contributed by atoms with Gasteiger partial charge in [-0.05, 0) is 24.6 Å². The summed E-state index contributed by atoms with van der Waals surface area (Å²) in [7, 11) is 1.71. The van der Waals surface area contributed by atoms with Crippen molar-refractivity contribution in [2.75, 3.05) is 25.5 Å². The van der Waals surface area contributed by atoms with Crippen LogP contribution in [0.25, 0.3) is 0 Å². The maximum Gasteiger partial charge on any atom is 0.341 e. The Hall–Kier alpha value is -2.28. The minimum absolute atomic E-state index is 0.0492. The van der Waals surface area contributed by atoms with Crippen LogP contribution in [0.5, 0.6) is 5.75 Å². The SMILES string of the molecule is CN1CCC(C(=O)Nc2ccc(OCC(=O)O)c(Cl)c2)CC1=O. The topological polar surface area (TPSA) is 95.9 Å². The molecular weight excluding hydrogens is 324 g/mol. The van der Waals surface area contributed by atoms with Crippen LogP contribution in [0, 0.1) is 5.92 Å². The molecule has 7 nitrogen and oxygen atoms in total. The largest absolute Gasteiger partial charge is 0.480 e. The lowest BCUT2D eigenvalue weighted by atomic mass is 9.95. The number of carbonyl (C=O) groups excluding carboxylic acids is 2. The molecule has 0 aliphatic carbocycles. The molecule has 1 heterocycles. The molecule has 1 fully saturated rings. The highest BCUT2D eigenvalue weighted by molar-refractivity contribution is 6.32. The number of benzene rings is 1. The van der Waals surface area contributed by atoms with Crippen molar-refractivity contribution < 1.29 is 24.2 Å². The van der Waals surface area contributed by atoms with Gasteiger partial charge in [-0.2, -0.15) is 0 Å². The van der Waals surface area contributed by atoms with Crippen LogP contribution in [-0.2, 0) is 14.4 Å². The number of rotatable bonds is 5. The molecule has 1 aromatic carbocycles. The number of carboxylic acids is 1. The molecule has 1 aromatic rings. The van der Waals surface area contributed by atoms with Crippen molar-refractivity contribution in [2.45, 2.75) is 12.8 Å². The van der Waals surface area contributed by atoms with Gasteiger partial charge in [0.15, 0.2) is 6.61 Å².